The first-order valence-electron chi connectivity index (χ1n) is 3.85. The summed E-state index contributed by atoms with van der Waals surface area (Å²) in [6.07, 6.45) is 1.10. The lowest BCUT2D eigenvalue weighted by atomic mass is 10.5. The molecule has 0 spiro atoms. The molecule has 1 radical (unpaired) electrons. The van der Waals surface area contributed by atoms with E-state index in [1.54, 1.807) is 0 Å². The lowest BCUT2D eigenvalue weighted by Gasteiger charge is -2.28. The minimum Gasteiger partial charge on any atom is -0.409 e. The fourth-order valence-corrected chi connectivity index (χ4v) is 1.93. The van der Waals surface area contributed by atoms with Crippen molar-refractivity contribution in [1.29, 1.82) is 0 Å². The smallest absolute Gasteiger partial charge is 0.190 e. The van der Waals surface area contributed by atoms with Gasteiger partial charge in [0.1, 0.15) is 0 Å². The predicted molar refractivity (Wildman–Crippen MR) is 48.3 cm³/mol. The second kappa shape index (κ2) is 3.53. The molecule has 0 rings (SSSR count). The molecule has 1 nitrogen and oxygen atoms in total. The van der Waals surface area contributed by atoms with Crippen LogP contribution in [0.5, 0.6) is 0 Å². The van der Waals surface area contributed by atoms with E-state index in [4.69, 9.17) is 4.43 Å². The first-order chi connectivity index (χ1) is 4.36. The summed E-state index contributed by atoms with van der Waals surface area (Å²) < 4.78 is 5.75. The zero-order valence-electron chi connectivity index (χ0n) is 7.99. The lowest BCUT2D eigenvalue weighted by molar-refractivity contribution is 0.328. The summed E-state index contributed by atoms with van der Waals surface area (Å²) in [6.45, 7) is 13.0. The molecule has 0 aliphatic heterocycles. The van der Waals surface area contributed by atoms with Crippen molar-refractivity contribution < 1.29 is 4.43 Å². The van der Waals surface area contributed by atoms with Gasteiger partial charge in [-0.15, -0.1) is 0 Å². The van der Waals surface area contributed by atoms with Crippen molar-refractivity contribution in [3.05, 3.63) is 6.10 Å². The monoisotopic (exact) mass is 159 g/mol. The first-order valence-corrected chi connectivity index (χ1v) is 6.84. The molecule has 0 aliphatic rings. The maximum absolute atomic E-state index is 5.75. The van der Waals surface area contributed by atoms with E-state index >= 15 is 0 Å². The van der Waals surface area contributed by atoms with Crippen molar-refractivity contribution in [1.82, 2.24) is 0 Å². The van der Waals surface area contributed by atoms with Gasteiger partial charge in [-0.3, -0.25) is 0 Å². The van der Waals surface area contributed by atoms with E-state index in [1.807, 2.05) is 13.8 Å². The van der Waals surface area contributed by atoms with Crippen molar-refractivity contribution in [3.8, 4) is 0 Å². The molecule has 0 N–H and O–H groups in total. The SMILES string of the molecule is C[C](C)O[Si](C)(C)C(C)C. The Morgan fingerprint density at radius 3 is 1.70 bits per heavy atom. The highest BCUT2D eigenvalue weighted by molar-refractivity contribution is 6.72. The maximum atomic E-state index is 5.75. The van der Waals surface area contributed by atoms with Gasteiger partial charge < -0.3 is 4.43 Å². The number of rotatable bonds is 3. The van der Waals surface area contributed by atoms with Crippen molar-refractivity contribution in [2.24, 2.45) is 0 Å². The summed E-state index contributed by atoms with van der Waals surface area (Å²) in [7, 11) is -1.38. The molecule has 0 aromatic carbocycles. The summed E-state index contributed by atoms with van der Waals surface area (Å²) in [5.74, 6) is 0. The van der Waals surface area contributed by atoms with E-state index in [9.17, 15) is 0 Å². The molecule has 0 fully saturated rings. The molecule has 0 amide bonds. The molecule has 10 heavy (non-hydrogen) atoms. The van der Waals surface area contributed by atoms with Gasteiger partial charge in [-0.1, -0.05) is 13.8 Å². The van der Waals surface area contributed by atoms with E-state index in [0.717, 1.165) is 6.10 Å². The van der Waals surface area contributed by atoms with Crippen LogP contribution in [0, 0.1) is 6.10 Å². The Kier molecular flexibility index (Phi) is 3.60. The van der Waals surface area contributed by atoms with Gasteiger partial charge in [-0.05, 0) is 32.5 Å². The van der Waals surface area contributed by atoms with E-state index < -0.39 is 8.32 Å². The van der Waals surface area contributed by atoms with Gasteiger partial charge in [0.15, 0.2) is 8.32 Å². The van der Waals surface area contributed by atoms with Crippen molar-refractivity contribution in [3.63, 3.8) is 0 Å². The van der Waals surface area contributed by atoms with Gasteiger partial charge in [-0.2, -0.15) is 0 Å². The Bertz CT molecular complexity index is 97.4. The van der Waals surface area contributed by atoms with Crippen molar-refractivity contribution in [2.75, 3.05) is 0 Å². The Hall–Kier alpha value is 0.177. The standard InChI is InChI=1S/C8H19OSi/c1-7(2)9-10(5,6)8(3)4/h8H,1-6H3. The number of hydrogen-bond acceptors (Lipinski definition) is 1. The van der Waals surface area contributed by atoms with Gasteiger partial charge in [0.2, 0.25) is 0 Å². The largest absolute Gasteiger partial charge is 0.409 e. The highest BCUT2D eigenvalue weighted by Gasteiger charge is 2.27. The third-order valence-electron chi connectivity index (χ3n) is 1.86. The fourth-order valence-electron chi connectivity index (χ4n) is 0.644. The Morgan fingerprint density at radius 2 is 1.60 bits per heavy atom. The molecular formula is C8H19OSi. The van der Waals surface area contributed by atoms with Gasteiger partial charge in [0.05, 0.1) is 6.10 Å². The van der Waals surface area contributed by atoms with Gasteiger partial charge >= 0.3 is 0 Å². The van der Waals surface area contributed by atoms with E-state index in [1.165, 1.54) is 0 Å². The van der Waals surface area contributed by atoms with Crippen LogP contribution in [0.25, 0.3) is 0 Å². The average Bonchev–Trinajstić information content (AvgIpc) is 1.60. The van der Waals surface area contributed by atoms with Crippen LogP contribution in [0.1, 0.15) is 27.7 Å². The summed E-state index contributed by atoms with van der Waals surface area (Å²) in [6, 6.07) is 0. The molecule has 0 atom stereocenters. The Balaban J connectivity index is 3.87. The third-order valence-corrected chi connectivity index (χ3v) is 5.57. The lowest BCUT2D eigenvalue weighted by Crippen LogP contribution is -2.34. The topological polar surface area (TPSA) is 9.23 Å². The van der Waals surface area contributed by atoms with E-state index in [0.29, 0.717) is 5.54 Å². The molecule has 0 bridgehead atoms. The van der Waals surface area contributed by atoms with E-state index in [-0.39, 0.29) is 0 Å². The highest BCUT2D eigenvalue weighted by atomic mass is 28.4. The second-order valence-corrected chi connectivity index (χ2v) is 8.33. The van der Waals surface area contributed by atoms with Gasteiger partial charge in [-0.25, -0.2) is 0 Å². The van der Waals surface area contributed by atoms with Crippen LogP contribution in [0.3, 0.4) is 0 Å². The quantitative estimate of drug-likeness (QED) is 0.575. The molecule has 0 heterocycles. The maximum Gasteiger partial charge on any atom is 0.190 e. The van der Waals surface area contributed by atoms with Gasteiger partial charge in [0.25, 0.3) is 0 Å². The zero-order valence-corrected chi connectivity index (χ0v) is 8.99. The molecule has 2 heteroatoms. The number of hydrogen-bond donors (Lipinski definition) is 0. The predicted octanol–water partition coefficient (Wildman–Crippen LogP) is 3.19. The van der Waals surface area contributed by atoms with Crippen LogP contribution >= 0.6 is 0 Å². The summed E-state index contributed by atoms with van der Waals surface area (Å²) in [4.78, 5) is 0. The molecule has 0 aromatic heterocycles. The summed E-state index contributed by atoms with van der Waals surface area (Å²) in [5.41, 5.74) is 0.697. The Morgan fingerprint density at radius 1 is 1.20 bits per heavy atom. The molecule has 0 aliphatic carbocycles. The average molecular weight is 159 g/mol. The third kappa shape index (κ3) is 3.37. The van der Waals surface area contributed by atoms with Crippen LogP contribution < -0.4 is 0 Å². The first kappa shape index (κ1) is 10.2. The summed E-state index contributed by atoms with van der Waals surface area (Å²) >= 11 is 0. The van der Waals surface area contributed by atoms with Crippen molar-refractivity contribution in [2.45, 2.75) is 46.3 Å². The van der Waals surface area contributed by atoms with Crippen LogP contribution in [-0.2, 0) is 4.43 Å². The molecular weight excluding hydrogens is 140 g/mol. The second-order valence-electron chi connectivity index (χ2n) is 3.77. The van der Waals surface area contributed by atoms with Crippen LogP contribution in [0.15, 0.2) is 0 Å². The molecule has 0 saturated carbocycles. The highest BCUT2D eigenvalue weighted by Crippen LogP contribution is 2.24. The molecule has 0 saturated heterocycles. The van der Waals surface area contributed by atoms with Gasteiger partial charge in [0, 0.05) is 0 Å². The van der Waals surface area contributed by atoms with E-state index in [2.05, 4.69) is 26.9 Å². The normalized spacial score (nSPS) is 13.2. The summed E-state index contributed by atoms with van der Waals surface area (Å²) in [5, 5.41) is 0. The Labute approximate surface area is 65.9 Å². The van der Waals surface area contributed by atoms with Crippen molar-refractivity contribution >= 4 is 8.32 Å². The minimum absolute atomic E-state index is 0.697. The molecule has 0 aromatic rings. The van der Waals surface area contributed by atoms with Crippen LogP contribution in [0.4, 0.5) is 0 Å². The van der Waals surface area contributed by atoms with Crippen LogP contribution in [-0.4, -0.2) is 8.32 Å². The molecule has 0 unspecified atom stereocenters. The minimum atomic E-state index is -1.38. The molecule has 61 valence electrons. The fraction of sp³-hybridized carbons (Fsp3) is 0.875. The zero-order chi connectivity index (χ0) is 8.36. The van der Waals surface area contributed by atoms with Crippen LogP contribution in [0.2, 0.25) is 18.6 Å².